The fraction of sp³-hybridized carbons (Fsp3) is 0.464. The van der Waals surface area contributed by atoms with Crippen LogP contribution >= 0.6 is 11.6 Å². The Morgan fingerprint density at radius 2 is 1.49 bits per heavy atom. The van der Waals surface area contributed by atoms with Crippen LogP contribution in [0.3, 0.4) is 0 Å². The predicted molar refractivity (Wildman–Crippen MR) is 143 cm³/mol. The molecule has 0 saturated heterocycles. The largest absolute Gasteiger partial charge is 0.489 e. The number of hydrogen-bond acceptors (Lipinski definition) is 4. The summed E-state index contributed by atoms with van der Waals surface area (Å²) in [5.74, 6) is 0.279. The number of unbranched alkanes of at least 4 members (excludes halogenated alkanes) is 8. The first kappa shape index (κ1) is 28.4. The first-order valence-corrected chi connectivity index (χ1v) is 13.0. The molecule has 0 heterocycles. The quantitative estimate of drug-likeness (QED) is 0.150. The number of carbonyl (C=O) groups is 2. The molecular formula is C28H38ClN3O3. The third kappa shape index (κ3) is 13.6. The van der Waals surface area contributed by atoms with Crippen LogP contribution < -0.4 is 15.5 Å². The highest BCUT2D eigenvalue weighted by molar-refractivity contribution is 6.30. The first-order valence-electron chi connectivity index (χ1n) is 12.6. The molecule has 0 aromatic heterocycles. The van der Waals surface area contributed by atoms with Crippen molar-refractivity contribution in [2.24, 2.45) is 5.10 Å². The van der Waals surface area contributed by atoms with E-state index in [1.807, 2.05) is 48.5 Å². The van der Waals surface area contributed by atoms with Gasteiger partial charge in [-0.3, -0.25) is 9.59 Å². The highest BCUT2D eigenvalue weighted by Gasteiger charge is 2.05. The number of amides is 2. The van der Waals surface area contributed by atoms with Crippen LogP contribution in [0.2, 0.25) is 5.02 Å². The van der Waals surface area contributed by atoms with Gasteiger partial charge in [-0.15, -0.1) is 0 Å². The van der Waals surface area contributed by atoms with Crippen molar-refractivity contribution in [2.45, 2.75) is 77.7 Å². The van der Waals surface area contributed by atoms with E-state index in [1.165, 1.54) is 44.9 Å². The molecule has 6 nitrogen and oxygen atoms in total. The number of ether oxygens (including phenoxy) is 1. The van der Waals surface area contributed by atoms with E-state index in [1.54, 1.807) is 6.21 Å². The molecule has 2 amide bonds. The molecule has 0 saturated carbocycles. The minimum absolute atomic E-state index is 0.0783. The maximum Gasteiger partial charge on any atom is 0.259 e. The van der Waals surface area contributed by atoms with Crippen molar-refractivity contribution in [3.05, 3.63) is 64.7 Å². The maximum absolute atomic E-state index is 11.9. The van der Waals surface area contributed by atoms with Crippen molar-refractivity contribution < 1.29 is 14.3 Å². The second-order valence-electron chi connectivity index (χ2n) is 8.63. The van der Waals surface area contributed by atoms with Crippen LogP contribution in [0.25, 0.3) is 0 Å². The highest BCUT2D eigenvalue weighted by atomic mass is 35.5. The molecule has 2 rings (SSSR count). The molecule has 0 aliphatic carbocycles. The summed E-state index contributed by atoms with van der Waals surface area (Å²) in [5, 5.41) is 7.29. The van der Waals surface area contributed by atoms with Crippen LogP contribution in [0.5, 0.6) is 5.75 Å². The maximum atomic E-state index is 11.9. The number of hydrazone groups is 1. The summed E-state index contributed by atoms with van der Waals surface area (Å²) in [6, 6.07) is 14.9. The monoisotopic (exact) mass is 499 g/mol. The van der Waals surface area contributed by atoms with Gasteiger partial charge in [0.2, 0.25) is 5.91 Å². The van der Waals surface area contributed by atoms with Gasteiger partial charge in [0.05, 0.1) is 12.8 Å². The molecule has 0 atom stereocenters. The number of benzene rings is 2. The van der Waals surface area contributed by atoms with E-state index in [-0.39, 0.29) is 18.4 Å². The van der Waals surface area contributed by atoms with Gasteiger partial charge < -0.3 is 10.1 Å². The number of nitrogens with zero attached hydrogens (tertiary/aromatic N) is 1. The molecule has 0 fully saturated rings. The summed E-state index contributed by atoms with van der Waals surface area (Å²) >= 11 is 5.89. The lowest BCUT2D eigenvalue weighted by Gasteiger charge is -2.06. The van der Waals surface area contributed by atoms with E-state index < -0.39 is 0 Å². The summed E-state index contributed by atoms with van der Waals surface area (Å²) in [6.07, 6.45) is 12.9. The molecule has 2 N–H and O–H groups in total. The number of carbonyl (C=O) groups excluding carboxylic acids is 2. The normalized spacial score (nSPS) is 10.9. The third-order valence-corrected chi connectivity index (χ3v) is 5.81. The SMILES string of the molecule is CCCCCCCCCCCC(=O)NCC(=O)N/N=C\c1ccc(OCc2ccc(Cl)cc2)cc1. The number of halogens is 1. The van der Waals surface area contributed by atoms with Gasteiger partial charge in [-0.05, 0) is 53.9 Å². The number of rotatable bonds is 17. The lowest BCUT2D eigenvalue weighted by molar-refractivity contribution is -0.126. The minimum atomic E-state index is -0.357. The van der Waals surface area contributed by atoms with Gasteiger partial charge in [-0.25, -0.2) is 5.43 Å². The molecule has 190 valence electrons. The molecule has 0 radical (unpaired) electrons. The molecule has 2 aromatic carbocycles. The number of hydrogen-bond donors (Lipinski definition) is 2. The Bertz CT molecular complexity index is 899. The van der Waals surface area contributed by atoms with Crippen LogP contribution in [0.4, 0.5) is 0 Å². The summed E-state index contributed by atoms with van der Waals surface area (Å²) in [6.45, 7) is 2.60. The zero-order valence-electron chi connectivity index (χ0n) is 20.7. The lowest BCUT2D eigenvalue weighted by atomic mass is 10.1. The van der Waals surface area contributed by atoms with Gasteiger partial charge in [0.25, 0.3) is 5.91 Å². The fourth-order valence-corrected chi connectivity index (χ4v) is 3.61. The highest BCUT2D eigenvalue weighted by Crippen LogP contribution is 2.15. The summed E-state index contributed by atoms with van der Waals surface area (Å²) in [4.78, 5) is 23.8. The first-order chi connectivity index (χ1) is 17.1. The van der Waals surface area contributed by atoms with Gasteiger partial charge in [0, 0.05) is 11.4 Å². The zero-order valence-corrected chi connectivity index (χ0v) is 21.5. The molecule has 0 bridgehead atoms. The molecule has 0 aliphatic heterocycles. The van der Waals surface area contributed by atoms with Crippen molar-refractivity contribution >= 4 is 29.6 Å². The van der Waals surface area contributed by atoms with E-state index in [4.69, 9.17) is 16.3 Å². The Morgan fingerprint density at radius 1 is 0.857 bits per heavy atom. The molecule has 0 spiro atoms. The van der Waals surface area contributed by atoms with Crippen LogP contribution in [0, 0.1) is 0 Å². The van der Waals surface area contributed by atoms with Crippen molar-refractivity contribution in [1.29, 1.82) is 0 Å². The van der Waals surface area contributed by atoms with Crippen molar-refractivity contribution in [3.63, 3.8) is 0 Å². The van der Waals surface area contributed by atoms with Gasteiger partial charge in [-0.2, -0.15) is 5.10 Å². The summed E-state index contributed by atoms with van der Waals surface area (Å²) < 4.78 is 5.75. The molecule has 35 heavy (non-hydrogen) atoms. The van der Waals surface area contributed by atoms with Crippen molar-refractivity contribution in [3.8, 4) is 5.75 Å². The molecule has 2 aromatic rings. The van der Waals surface area contributed by atoms with Crippen LogP contribution in [-0.4, -0.2) is 24.6 Å². The van der Waals surface area contributed by atoms with Crippen LogP contribution in [-0.2, 0) is 16.2 Å². The topological polar surface area (TPSA) is 79.8 Å². The minimum Gasteiger partial charge on any atom is -0.489 e. The zero-order chi connectivity index (χ0) is 25.1. The number of nitrogens with one attached hydrogen (secondary N) is 2. The van der Waals surface area contributed by atoms with E-state index in [0.29, 0.717) is 18.1 Å². The lowest BCUT2D eigenvalue weighted by Crippen LogP contribution is -2.34. The molecule has 0 unspecified atom stereocenters. The van der Waals surface area contributed by atoms with Gasteiger partial charge in [0.15, 0.2) is 0 Å². The standard InChI is InChI=1S/C28H38ClN3O3/c1-2-3-4-5-6-7-8-9-10-11-27(33)30-21-28(34)32-31-20-23-14-18-26(19-15-23)35-22-24-12-16-25(29)17-13-24/h12-20H,2-11,21-22H2,1H3,(H,30,33)(H,32,34)/b31-20-. The van der Waals surface area contributed by atoms with Crippen molar-refractivity contribution in [2.75, 3.05) is 6.54 Å². The smallest absolute Gasteiger partial charge is 0.259 e. The third-order valence-electron chi connectivity index (χ3n) is 5.56. The van der Waals surface area contributed by atoms with E-state index in [0.717, 1.165) is 29.7 Å². The molecule has 0 aliphatic rings. The van der Waals surface area contributed by atoms with Crippen LogP contribution in [0.1, 0.15) is 82.3 Å². The Hall–Kier alpha value is -2.86. The van der Waals surface area contributed by atoms with E-state index in [9.17, 15) is 9.59 Å². The second kappa shape index (κ2) is 17.6. The Balaban J connectivity index is 1.53. The average molecular weight is 500 g/mol. The summed E-state index contributed by atoms with van der Waals surface area (Å²) in [7, 11) is 0. The molecule has 7 heteroatoms. The van der Waals surface area contributed by atoms with E-state index >= 15 is 0 Å². The Kier molecular flexibility index (Phi) is 14.2. The summed E-state index contributed by atoms with van der Waals surface area (Å²) in [5.41, 5.74) is 4.28. The van der Waals surface area contributed by atoms with Crippen LogP contribution in [0.15, 0.2) is 53.6 Å². The van der Waals surface area contributed by atoms with Gasteiger partial charge >= 0.3 is 0 Å². The second-order valence-corrected chi connectivity index (χ2v) is 9.07. The Morgan fingerprint density at radius 3 is 2.14 bits per heavy atom. The van der Waals surface area contributed by atoms with Gasteiger partial charge in [-0.1, -0.05) is 82.0 Å². The molecular weight excluding hydrogens is 462 g/mol. The van der Waals surface area contributed by atoms with E-state index in [2.05, 4.69) is 22.8 Å². The Labute approximate surface area is 214 Å². The predicted octanol–water partition coefficient (Wildman–Crippen LogP) is 6.41. The average Bonchev–Trinajstić information content (AvgIpc) is 2.87. The van der Waals surface area contributed by atoms with Gasteiger partial charge in [0.1, 0.15) is 12.4 Å². The van der Waals surface area contributed by atoms with Crippen molar-refractivity contribution in [1.82, 2.24) is 10.7 Å². The fourth-order valence-electron chi connectivity index (χ4n) is 3.48.